The molecule has 108 valence electrons. The lowest BCUT2D eigenvalue weighted by molar-refractivity contribution is -0.117. The highest BCUT2D eigenvalue weighted by Crippen LogP contribution is 2.33. The number of likely N-dealkylation sites (N-methyl/N-ethyl adjacent to an activating group) is 1. The first-order chi connectivity index (χ1) is 9.97. The van der Waals surface area contributed by atoms with E-state index in [0.717, 1.165) is 16.8 Å². The van der Waals surface area contributed by atoms with Crippen LogP contribution in [-0.4, -0.2) is 18.1 Å². The minimum atomic E-state index is -0.800. The molecule has 1 atom stereocenters. The quantitative estimate of drug-likeness (QED) is 0.918. The number of carbonyl (C=O) groups is 1. The summed E-state index contributed by atoms with van der Waals surface area (Å²) >= 11 is 11.9. The molecule has 1 aliphatic rings. The second-order valence-corrected chi connectivity index (χ2v) is 5.91. The van der Waals surface area contributed by atoms with E-state index < -0.39 is 6.10 Å². The Labute approximate surface area is 132 Å². The molecule has 1 unspecified atom stereocenters. The molecule has 1 N–H and O–H groups in total. The molecular weight excluding hydrogens is 309 g/mol. The zero-order valence-electron chi connectivity index (χ0n) is 11.3. The molecule has 0 saturated heterocycles. The molecule has 2 aromatic carbocycles. The van der Waals surface area contributed by atoms with Crippen molar-refractivity contribution in [2.45, 2.75) is 12.5 Å². The minimum Gasteiger partial charge on any atom is -0.384 e. The van der Waals surface area contributed by atoms with Crippen molar-refractivity contribution in [2.24, 2.45) is 0 Å². The maximum Gasteiger partial charge on any atom is 0.231 e. The molecule has 0 radical (unpaired) electrons. The molecule has 3 nitrogen and oxygen atoms in total. The zero-order chi connectivity index (χ0) is 15.1. The number of benzene rings is 2. The van der Waals surface area contributed by atoms with Gasteiger partial charge in [-0.2, -0.15) is 0 Å². The lowest BCUT2D eigenvalue weighted by atomic mass is 9.99. The number of amides is 1. The molecule has 0 spiro atoms. The van der Waals surface area contributed by atoms with E-state index in [0.29, 0.717) is 22.0 Å². The minimum absolute atomic E-state index is 0.0613. The van der Waals surface area contributed by atoms with Gasteiger partial charge in [-0.05, 0) is 34.9 Å². The van der Waals surface area contributed by atoms with E-state index in [1.165, 1.54) is 0 Å². The van der Waals surface area contributed by atoms with Gasteiger partial charge < -0.3 is 10.0 Å². The molecule has 0 bridgehead atoms. The molecule has 0 aromatic heterocycles. The van der Waals surface area contributed by atoms with E-state index in [-0.39, 0.29) is 5.91 Å². The van der Waals surface area contributed by atoms with Gasteiger partial charge in [0.1, 0.15) is 6.10 Å². The number of nitrogens with zero attached hydrogens (tertiary/aromatic N) is 1. The highest BCUT2D eigenvalue weighted by Gasteiger charge is 2.25. The number of aliphatic hydroxyl groups is 1. The Kier molecular flexibility index (Phi) is 3.66. The van der Waals surface area contributed by atoms with Crippen LogP contribution in [0.4, 0.5) is 5.69 Å². The topological polar surface area (TPSA) is 40.5 Å². The van der Waals surface area contributed by atoms with Gasteiger partial charge in [0.05, 0.1) is 16.5 Å². The lowest BCUT2D eigenvalue weighted by Gasteiger charge is -2.15. The van der Waals surface area contributed by atoms with Gasteiger partial charge in [0, 0.05) is 12.7 Å². The Morgan fingerprint density at radius 2 is 1.76 bits per heavy atom. The summed E-state index contributed by atoms with van der Waals surface area (Å²) in [6.07, 6.45) is -0.431. The molecule has 0 aliphatic carbocycles. The van der Waals surface area contributed by atoms with Crippen LogP contribution >= 0.6 is 23.2 Å². The second-order valence-electron chi connectivity index (χ2n) is 5.09. The number of rotatable bonds is 2. The third-order valence-electron chi connectivity index (χ3n) is 3.76. The van der Waals surface area contributed by atoms with Gasteiger partial charge in [0.25, 0.3) is 0 Å². The van der Waals surface area contributed by atoms with E-state index in [4.69, 9.17) is 23.2 Å². The van der Waals surface area contributed by atoms with Crippen LogP contribution in [0.25, 0.3) is 0 Å². The molecule has 1 aliphatic heterocycles. The van der Waals surface area contributed by atoms with Crippen LogP contribution in [0, 0.1) is 0 Å². The van der Waals surface area contributed by atoms with E-state index >= 15 is 0 Å². The summed E-state index contributed by atoms with van der Waals surface area (Å²) in [5.41, 5.74) is 3.22. The van der Waals surface area contributed by atoms with Crippen molar-refractivity contribution in [3.8, 4) is 0 Å². The summed E-state index contributed by atoms with van der Waals surface area (Å²) in [4.78, 5) is 13.3. The SMILES string of the molecule is CN1C(=O)Cc2cc(C(O)c3ccc(Cl)c(Cl)c3)ccc21. The summed E-state index contributed by atoms with van der Waals surface area (Å²) < 4.78 is 0. The predicted octanol–water partition coefficient (Wildman–Crippen LogP) is 3.59. The highest BCUT2D eigenvalue weighted by atomic mass is 35.5. The number of hydrogen-bond acceptors (Lipinski definition) is 2. The summed E-state index contributed by atoms with van der Waals surface area (Å²) in [6.45, 7) is 0. The smallest absolute Gasteiger partial charge is 0.231 e. The van der Waals surface area contributed by atoms with Crippen LogP contribution in [0.1, 0.15) is 22.8 Å². The van der Waals surface area contributed by atoms with Crippen molar-refractivity contribution < 1.29 is 9.90 Å². The number of anilines is 1. The van der Waals surface area contributed by atoms with Crippen molar-refractivity contribution in [3.05, 3.63) is 63.1 Å². The summed E-state index contributed by atoms with van der Waals surface area (Å²) in [7, 11) is 1.75. The van der Waals surface area contributed by atoms with Gasteiger partial charge in [-0.25, -0.2) is 0 Å². The largest absolute Gasteiger partial charge is 0.384 e. The zero-order valence-corrected chi connectivity index (χ0v) is 12.8. The van der Waals surface area contributed by atoms with E-state index in [9.17, 15) is 9.90 Å². The van der Waals surface area contributed by atoms with Crippen LogP contribution in [0.3, 0.4) is 0 Å². The fourth-order valence-corrected chi connectivity index (χ4v) is 2.84. The first-order valence-corrected chi connectivity index (χ1v) is 7.25. The molecule has 5 heteroatoms. The molecule has 0 saturated carbocycles. The molecule has 3 rings (SSSR count). The van der Waals surface area contributed by atoms with E-state index in [2.05, 4.69) is 0 Å². The van der Waals surface area contributed by atoms with E-state index in [1.54, 1.807) is 30.1 Å². The number of halogens is 2. The Hall–Kier alpha value is -1.55. The Morgan fingerprint density at radius 3 is 2.48 bits per heavy atom. The van der Waals surface area contributed by atoms with Crippen LogP contribution < -0.4 is 4.90 Å². The Bertz CT molecular complexity index is 730. The number of aliphatic hydroxyl groups excluding tert-OH is 1. The van der Waals surface area contributed by atoms with Crippen LogP contribution in [0.15, 0.2) is 36.4 Å². The average Bonchev–Trinajstić information content (AvgIpc) is 2.76. The average molecular weight is 322 g/mol. The van der Waals surface area contributed by atoms with Gasteiger partial charge in [0.2, 0.25) is 5.91 Å². The molecular formula is C16H13Cl2NO2. The lowest BCUT2D eigenvalue weighted by Crippen LogP contribution is -2.20. The fraction of sp³-hybridized carbons (Fsp3) is 0.188. The first kappa shape index (κ1) is 14.4. The number of fused-ring (bicyclic) bond motifs is 1. The van der Waals surface area contributed by atoms with E-state index in [1.807, 2.05) is 18.2 Å². The molecule has 2 aromatic rings. The Balaban J connectivity index is 1.96. The van der Waals surface area contributed by atoms with Crippen molar-refractivity contribution in [3.63, 3.8) is 0 Å². The summed E-state index contributed by atoms with van der Waals surface area (Å²) in [5.74, 6) is 0.0613. The van der Waals surface area contributed by atoms with Gasteiger partial charge in [0.15, 0.2) is 0 Å². The molecule has 1 heterocycles. The third kappa shape index (κ3) is 2.53. The monoisotopic (exact) mass is 321 g/mol. The number of carbonyl (C=O) groups excluding carboxylic acids is 1. The summed E-state index contributed by atoms with van der Waals surface area (Å²) in [5, 5.41) is 11.3. The Morgan fingerprint density at radius 1 is 1.10 bits per heavy atom. The van der Waals surface area contributed by atoms with Gasteiger partial charge in [-0.15, -0.1) is 0 Å². The second kappa shape index (κ2) is 5.34. The van der Waals surface area contributed by atoms with Crippen LogP contribution in [0.2, 0.25) is 10.0 Å². The standard InChI is InChI=1S/C16H13Cl2NO2/c1-19-14-5-3-9(6-11(14)8-15(19)20)16(21)10-2-4-12(17)13(18)7-10/h2-7,16,21H,8H2,1H3. The van der Waals surface area contributed by atoms with Crippen molar-refractivity contribution >= 4 is 34.8 Å². The number of hydrogen-bond donors (Lipinski definition) is 1. The molecule has 0 fully saturated rings. The van der Waals surface area contributed by atoms with Crippen LogP contribution in [-0.2, 0) is 11.2 Å². The van der Waals surface area contributed by atoms with Gasteiger partial charge in [-0.1, -0.05) is 41.4 Å². The fourth-order valence-electron chi connectivity index (χ4n) is 2.54. The van der Waals surface area contributed by atoms with Gasteiger partial charge >= 0.3 is 0 Å². The van der Waals surface area contributed by atoms with Crippen molar-refractivity contribution in [1.29, 1.82) is 0 Å². The normalized spacial score (nSPS) is 15.2. The maximum atomic E-state index is 11.7. The third-order valence-corrected chi connectivity index (χ3v) is 4.49. The molecule has 21 heavy (non-hydrogen) atoms. The summed E-state index contributed by atoms with van der Waals surface area (Å²) in [6, 6.07) is 10.6. The highest BCUT2D eigenvalue weighted by molar-refractivity contribution is 6.42. The van der Waals surface area contributed by atoms with Gasteiger partial charge in [-0.3, -0.25) is 4.79 Å². The van der Waals surface area contributed by atoms with Crippen molar-refractivity contribution in [2.75, 3.05) is 11.9 Å². The molecule has 1 amide bonds. The first-order valence-electron chi connectivity index (χ1n) is 6.50. The predicted molar refractivity (Wildman–Crippen MR) is 84.1 cm³/mol. The van der Waals surface area contributed by atoms with Crippen LogP contribution in [0.5, 0.6) is 0 Å². The van der Waals surface area contributed by atoms with Crippen molar-refractivity contribution in [1.82, 2.24) is 0 Å². The maximum absolute atomic E-state index is 11.7.